The summed E-state index contributed by atoms with van der Waals surface area (Å²) >= 11 is 0. The molecule has 1 amide bonds. The van der Waals surface area contributed by atoms with Crippen molar-refractivity contribution in [3.05, 3.63) is 36.2 Å². The van der Waals surface area contributed by atoms with Crippen LogP contribution >= 0.6 is 0 Å². The number of hydrogen-bond acceptors (Lipinski definition) is 10. The Labute approximate surface area is 196 Å². The monoisotopic (exact) mass is 462 g/mol. The van der Waals surface area contributed by atoms with Crippen molar-refractivity contribution >= 4 is 23.5 Å². The van der Waals surface area contributed by atoms with Gasteiger partial charge in [0.15, 0.2) is 0 Å². The van der Waals surface area contributed by atoms with Crippen molar-refractivity contribution in [3.63, 3.8) is 0 Å². The summed E-state index contributed by atoms with van der Waals surface area (Å²) in [5.41, 5.74) is 6.79. The summed E-state index contributed by atoms with van der Waals surface area (Å²) in [5, 5.41) is 3.92. The molecule has 34 heavy (non-hydrogen) atoms. The largest absolute Gasteiger partial charge is 0.381 e. The minimum atomic E-state index is -0.271. The number of nitrogens with two attached hydrogens (primary N) is 1. The maximum Gasteiger partial charge on any atom is 0.316 e. The summed E-state index contributed by atoms with van der Waals surface area (Å²) in [7, 11) is 1.82. The van der Waals surface area contributed by atoms with Crippen molar-refractivity contribution in [2.75, 3.05) is 44.0 Å². The second-order valence-corrected chi connectivity index (χ2v) is 9.32. The predicted molar refractivity (Wildman–Crippen MR) is 122 cm³/mol. The zero-order chi connectivity index (χ0) is 23.2. The molecule has 0 unspecified atom stereocenters. The molecule has 2 aromatic heterocycles. The van der Waals surface area contributed by atoms with E-state index in [1.165, 1.54) is 12.8 Å². The van der Waals surface area contributed by atoms with Crippen LogP contribution in [0.4, 0.5) is 17.6 Å². The number of rotatable bonds is 8. The molecule has 0 radical (unpaired) electrons. The fraction of sp³-hybridized carbons (Fsp3) is 0.478. The van der Waals surface area contributed by atoms with Crippen LogP contribution in [0.2, 0.25) is 0 Å². The minimum Gasteiger partial charge on any atom is -0.381 e. The zero-order valence-corrected chi connectivity index (χ0v) is 18.9. The van der Waals surface area contributed by atoms with E-state index in [1.54, 1.807) is 9.80 Å². The van der Waals surface area contributed by atoms with Crippen LogP contribution in [0, 0.1) is 23.7 Å². The maximum atomic E-state index is 12.9. The second kappa shape index (κ2) is 8.32. The van der Waals surface area contributed by atoms with Crippen molar-refractivity contribution in [2.45, 2.75) is 12.8 Å². The molecule has 11 nitrogen and oxygen atoms in total. The van der Waals surface area contributed by atoms with Gasteiger partial charge in [0.2, 0.25) is 23.5 Å². The summed E-state index contributed by atoms with van der Waals surface area (Å²) in [5.74, 6) is 2.60. The molecule has 3 heterocycles. The van der Waals surface area contributed by atoms with E-state index >= 15 is 0 Å². The third kappa shape index (κ3) is 4.07. The van der Waals surface area contributed by atoms with Gasteiger partial charge in [-0.25, -0.2) is 0 Å². The second-order valence-electron chi connectivity index (χ2n) is 9.32. The SMILES string of the molecule is CN(c1ccccc1)c1nc(N)nc(-c2noc(C(=O)N3C[C@@H]4[C@@H](COCC5CC5)[C@@H]4C3)n2)n1. The minimum absolute atomic E-state index is 0.0232. The number of hydrogen-bond donors (Lipinski definition) is 1. The Bertz CT molecular complexity index is 1190. The Morgan fingerprint density at radius 3 is 2.59 bits per heavy atom. The van der Waals surface area contributed by atoms with Gasteiger partial charge in [0, 0.05) is 32.4 Å². The van der Waals surface area contributed by atoms with Gasteiger partial charge in [-0.1, -0.05) is 23.4 Å². The van der Waals surface area contributed by atoms with E-state index < -0.39 is 0 Å². The van der Waals surface area contributed by atoms with Crippen LogP contribution in [0.3, 0.4) is 0 Å². The molecule has 11 heteroatoms. The van der Waals surface area contributed by atoms with Crippen LogP contribution in [0.25, 0.3) is 11.6 Å². The molecule has 0 bridgehead atoms. The lowest BCUT2D eigenvalue weighted by atomic mass is 10.2. The molecule has 1 saturated heterocycles. The highest BCUT2D eigenvalue weighted by Gasteiger charge is 2.57. The fourth-order valence-corrected chi connectivity index (χ4v) is 4.65. The van der Waals surface area contributed by atoms with Crippen LogP contribution in [0.1, 0.15) is 23.5 Å². The third-order valence-electron chi connectivity index (χ3n) is 6.91. The highest BCUT2D eigenvalue weighted by atomic mass is 16.5. The molecule has 1 aliphatic heterocycles. The first-order chi connectivity index (χ1) is 16.6. The average molecular weight is 463 g/mol. The fourth-order valence-electron chi connectivity index (χ4n) is 4.65. The van der Waals surface area contributed by atoms with Gasteiger partial charge in [0.1, 0.15) is 0 Å². The topological polar surface area (TPSA) is 136 Å². The van der Waals surface area contributed by atoms with Gasteiger partial charge in [0.25, 0.3) is 0 Å². The number of piperidine rings is 1. The van der Waals surface area contributed by atoms with Crippen molar-refractivity contribution in [1.82, 2.24) is 30.0 Å². The first-order valence-corrected chi connectivity index (χ1v) is 11.6. The smallest absolute Gasteiger partial charge is 0.316 e. The van der Waals surface area contributed by atoms with Crippen molar-refractivity contribution in [2.24, 2.45) is 23.7 Å². The molecule has 3 aromatic rings. The Hall–Kier alpha value is -3.60. The summed E-state index contributed by atoms with van der Waals surface area (Å²) in [6.45, 7) is 3.08. The molecule has 6 rings (SSSR count). The molecule has 176 valence electrons. The van der Waals surface area contributed by atoms with E-state index in [0.29, 0.717) is 36.8 Å². The van der Waals surface area contributed by atoms with Crippen molar-refractivity contribution in [3.8, 4) is 11.6 Å². The number of carbonyl (C=O) groups is 1. The van der Waals surface area contributed by atoms with Crippen LogP contribution in [0.15, 0.2) is 34.9 Å². The van der Waals surface area contributed by atoms with Crippen LogP contribution in [-0.2, 0) is 4.74 Å². The third-order valence-corrected chi connectivity index (χ3v) is 6.91. The van der Waals surface area contributed by atoms with Crippen LogP contribution < -0.4 is 10.6 Å². The van der Waals surface area contributed by atoms with Crippen molar-refractivity contribution in [1.29, 1.82) is 0 Å². The van der Waals surface area contributed by atoms with Gasteiger partial charge >= 0.3 is 11.8 Å². The van der Waals surface area contributed by atoms with E-state index in [4.69, 9.17) is 15.0 Å². The zero-order valence-electron chi connectivity index (χ0n) is 18.9. The summed E-state index contributed by atoms with van der Waals surface area (Å²) in [6, 6.07) is 9.61. The van der Waals surface area contributed by atoms with Gasteiger partial charge < -0.3 is 24.8 Å². The number of nitrogen functional groups attached to an aromatic ring is 1. The molecular weight excluding hydrogens is 436 g/mol. The standard InChI is InChI=1S/C23H26N8O3/c1-30(14-5-3-2-4-6-14)23-27-18(26-22(24)28-23)19-25-20(34-29-19)21(32)31-9-15-16(10-31)17(15)12-33-11-13-7-8-13/h2-6,13,15-17H,7-12H2,1H3,(H2,24,26,27,28)/t15-,16+,17+. The summed E-state index contributed by atoms with van der Waals surface area (Å²) in [6.07, 6.45) is 2.60. The number of likely N-dealkylation sites (tertiary alicyclic amines) is 1. The Morgan fingerprint density at radius 1 is 1.09 bits per heavy atom. The lowest BCUT2D eigenvalue weighted by Gasteiger charge is -2.17. The Morgan fingerprint density at radius 2 is 1.85 bits per heavy atom. The average Bonchev–Trinajstić information content (AvgIpc) is 3.66. The first kappa shape index (κ1) is 21.0. The number of nitrogens with zero attached hydrogens (tertiary/aromatic N) is 7. The predicted octanol–water partition coefficient (Wildman–Crippen LogP) is 2.02. The molecule has 3 aliphatic rings. The molecule has 3 fully saturated rings. The molecule has 2 saturated carbocycles. The number of carbonyl (C=O) groups excluding carboxylic acids is 1. The van der Waals surface area contributed by atoms with E-state index in [1.807, 2.05) is 37.4 Å². The summed E-state index contributed by atoms with van der Waals surface area (Å²) < 4.78 is 11.1. The molecule has 3 atom stereocenters. The summed E-state index contributed by atoms with van der Waals surface area (Å²) in [4.78, 5) is 33.5. The number of benzene rings is 1. The Balaban J connectivity index is 1.11. The highest BCUT2D eigenvalue weighted by Crippen LogP contribution is 2.52. The lowest BCUT2D eigenvalue weighted by Crippen LogP contribution is -2.32. The Kier molecular flexibility index (Phi) is 5.13. The van der Waals surface area contributed by atoms with Gasteiger partial charge in [-0.3, -0.25) is 4.79 Å². The van der Waals surface area contributed by atoms with Gasteiger partial charge in [0.05, 0.1) is 6.61 Å². The number of ether oxygens (including phenoxy) is 1. The van der Waals surface area contributed by atoms with E-state index in [9.17, 15) is 4.79 Å². The van der Waals surface area contributed by atoms with E-state index in [0.717, 1.165) is 24.8 Å². The first-order valence-electron chi connectivity index (χ1n) is 11.6. The molecule has 0 spiro atoms. The van der Waals surface area contributed by atoms with Crippen molar-refractivity contribution < 1.29 is 14.1 Å². The molecule has 2 N–H and O–H groups in total. The molecule has 1 aromatic carbocycles. The number of fused-ring (bicyclic) bond motifs is 1. The van der Waals surface area contributed by atoms with Crippen LogP contribution in [0.5, 0.6) is 0 Å². The number of anilines is 3. The molecular formula is C23H26N8O3. The number of amides is 1. The quantitative estimate of drug-likeness (QED) is 0.529. The van der Waals surface area contributed by atoms with E-state index in [-0.39, 0.29) is 29.4 Å². The van der Waals surface area contributed by atoms with Gasteiger partial charge in [-0.15, -0.1) is 0 Å². The van der Waals surface area contributed by atoms with E-state index in [2.05, 4.69) is 25.1 Å². The lowest BCUT2D eigenvalue weighted by molar-refractivity contribution is 0.0681. The molecule has 2 aliphatic carbocycles. The van der Waals surface area contributed by atoms with Crippen LogP contribution in [-0.4, -0.2) is 69.3 Å². The number of para-hydroxylation sites is 1. The highest BCUT2D eigenvalue weighted by molar-refractivity contribution is 5.90. The van der Waals surface area contributed by atoms with Gasteiger partial charge in [-0.05, 0) is 48.6 Å². The number of aromatic nitrogens is 5. The maximum absolute atomic E-state index is 12.9. The normalized spacial score (nSPS) is 23.1. The van der Waals surface area contributed by atoms with Gasteiger partial charge in [-0.2, -0.15) is 19.9 Å².